The third kappa shape index (κ3) is 4.31. The van der Waals surface area contributed by atoms with Crippen LogP contribution >= 0.6 is 11.8 Å². The van der Waals surface area contributed by atoms with Crippen LogP contribution in [0.25, 0.3) is 0 Å². The fraction of sp³-hybridized carbons (Fsp3) is 0.462. The Balaban J connectivity index is 2.71. The van der Waals surface area contributed by atoms with Crippen molar-refractivity contribution in [2.75, 3.05) is 5.75 Å². The molecule has 0 saturated carbocycles. The fourth-order valence-electron chi connectivity index (χ4n) is 1.61. The first-order valence-corrected chi connectivity index (χ1v) is 6.78. The van der Waals surface area contributed by atoms with E-state index in [-0.39, 0.29) is 11.9 Å². The highest BCUT2D eigenvalue weighted by Gasteiger charge is 2.31. The van der Waals surface area contributed by atoms with Crippen LogP contribution in [0.4, 0.5) is 4.39 Å². The standard InChI is InChI=1S/C13H19FN2OS/c1-9(2)16-13(3,12(15)17)8-18-11-6-4-5-10(14)7-11/h4-7,9,16H,8H2,1-3H3,(H2,15,17). The number of thioether (sulfide) groups is 1. The van der Waals surface area contributed by atoms with Gasteiger partial charge in [0.2, 0.25) is 5.91 Å². The zero-order valence-electron chi connectivity index (χ0n) is 10.9. The fourth-order valence-corrected chi connectivity index (χ4v) is 2.66. The Labute approximate surface area is 111 Å². The van der Waals surface area contributed by atoms with E-state index in [4.69, 9.17) is 5.73 Å². The molecule has 0 fully saturated rings. The average molecular weight is 270 g/mol. The molecule has 100 valence electrons. The second kappa shape index (κ2) is 6.20. The molecule has 1 aromatic rings. The minimum Gasteiger partial charge on any atom is -0.368 e. The number of rotatable bonds is 6. The molecule has 18 heavy (non-hydrogen) atoms. The molecule has 0 heterocycles. The Morgan fingerprint density at radius 2 is 2.22 bits per heavy atom. The van der Waals surface area contributed by atoms with Crippen LogP contribution in [0.3, 0.4) is 0 Å². The molecule has 3 N–H and O–H groups in total. The van der Waals surface area contributed by atoms with Crippen molar-refractivity contribution < 1.29 is 9.18 Å². The second-order valence-corrected chi connectivity index (χ2v) is 5.79. The Hall–Kier alpha value is -1.07. The van der Waals surface area contributed by atoms with Crippen LogP contribution in [0.5, 0.6) is 0 Å². The first-order valence-electron chi connectivity index (χ1n) is 5.79. The summed E-state index contributed by atoms with van der Waals surface area (Å²) < 4.78 is 13.0. The van der Waals surface area contributed by atoms with Gasteiger partial charge < -0.3 is 11.1 Å². The zero-order chi connectivity index (χ0) is 13.8. The zero-order valence-corrected chi connectivity index (χ0v) is 11.7. The van der Waals surface area contributed by atoms with Gasteiger partial charge in [0.1, 0.15) is 11.4 Å². The summed E-state index contributed by atoms with van der Waals surface area (Å²) in [5.74, 6) is -0.220. The average Bonchev–Trinajstić information content (AvgIpc) is 2.25. The van der Waals surface area contributed by atoms with Crippen molar-refractivity contribution in [3.8, 4) is 0 Å². The number of amides is 1. The molecular weight excluding hydrogens is 251 g/mol. The van der Waals surface area contributed by atoms with Gasteiger partial charge >= 0.3 is 0 Å². The number of halogens is 1. The lowest BCUT2D eigenvalue weighted by Crippen LogP contribution is -2.57. The predicted octanol–water partition coefficient (Wildman–Crippen LogP) is 2.16. The molecule has 0 bridgehead atoms. The summed E-state index contributed by atoms with van der Waals surface area (Å²) in [5.41, 5.74) is 4.62. The van der Waals surface area contributed by atoms with E-state index in [1.807, 2.05) is 19.9 Å². The van der Waals surface area contributed by atoms with Gasteiger partial charge in [-0.05, 0) is 39.0 Å². The van der Waals surface area contributed by atoms with E-state index in [9.17, 15) is 9.18 Å². The molecule has 5 heteroatoms. The van der Waals surface area contributed by atoms with Gasteiger partial charge in [-0.15, -0.1) is 11.8 Å². The van der Waals surface area contributed by atoms with Crippen molar-refractivity contribution in [1.29, 1.82) is 0 Å². The second-order valence-electron chi connectivity index (χ2n) is 4.74. The quantitative estimate of drug-likeness (QED) is 0.779. The number of benzene rings is 1. The van der Waals surface area contributed by atoms with E-state index in [2.05, 4.69) is 5.32 Å². The lowest BCUT2D eigenvalue weighted by atomic mass is 10.0. The number of carbonyl (C=O) groups is 1. The van der Waals surface area contributed by atoms with Gasteiger partial charge in [0.05, 0.1) is 0 Å². The molecule has 3 nitrogen and oxygen atoms in total. The Morgan fingerprint density at radius 1 is 1.56 bits per heavy atom. The summed E-state index contributed by atoms with van der Waals surface area (Å²) in [5, 5.41) is 3.15. The number of nitrogens with two attached hydrogens (primary N) is 1. The van der Waals surface area contributed by atoms with Crippen LogP contribution in [0.2, 0.25) is 0 Å². The third-order valence-electron chi connectivity index (χ3n) is 2.47. The molecule has 0 aliphatic rings. The summed E-state index contributed by atoms with van der Waals surface area (Å²) in [7, 11) is 0. The summed E-state index contributed by atoms with van der Waals surface area (Å²) >= 11 is 1.41. The smallest absolute Gasteiger partial charge is 0.238 e. The molecule has 1 amide bonds. The van der Waals surface area contributed by atoms with Crippen LogP contribution in [0.1, 0.15) is 20.8 Å². The predicted molar refractivity (Wildman–Crippen MR) is 73.0 cm³/mol. The monoisotopic (exact) mass is 270 g/mol. The number of primary amides is 1. The van der Waals surface area contributed by atoms with Crippen LogP contribution < -0.4 is 11.1 Å². The maximum absolute atomic E-state index is 13.0. The number of nitrogens with one attached hydrogen (secondary N) is 1. The molecule has 1 unspecified atom stereocenters. The summed E-state index contributed by atoms with van der Waals surface area (Å²) in [6, 6.07) is 6.45. The molecule has 0 aliphatic carbocycles. The highest BCUT2D eigenvalue weighted by molar-refractivity contribution is 7.99. The van der Waals surface area contributed by atoms with Gasteiger partial charge in [-0.2, -0.15) is 0 Å². The van der Waals surface area contributed by atoms with Gasteiger partial charge in [0, 0.05) is 16.7 Å². The van der Waals surface area contributed by atoms with Crippen molar-refractivity contribution in [2.24, 2.45) is 5.73 Å². The Kier molecular flexibility index (Phi) is 5.16. The molecule has 0 aliphatic heterocycles. The van der Waals surface area contributed by atoms with E-state index >= 15 is 0 Å². The maximum Gasteiger partial charge on any atom is 0.238 e. The Bertz CT molecular complexity index is 425. The van der Waals surface area contributed by atoms with Crippen molar-refractivity contribution in [3.63, 3.8) is 0 Å². The highest BCUT2D eigenvalue weighted by atomic mass is 32.2. The first-order chi connectivity index (χ1) is 8.33. The maximum atomic E-state index is 13.0. The lowest BCUT2D eigenvalue weighted by molar-refractivity contribution is -0.123. The lowest BCUT2D eigenvalue weighted by Gasteiger charge is -2.29. The molecular formula is C13H19FN2OS. The molecule has 1 atom stereocenters. The molecule has 0 saturated heterocycles. The van der Waals surface area contributed by atoms with E-state index in [1.165, 1.54) is 23.9 Å². The minimum atomic E-state index is -0.800. The SMILES string of the molecule is CC(C)NC(C)(CSc1cccc(F)c1)C(N)=O. The molecule has 0 spiro atoms. The van der Waals surface area contributed by atoms with Gasteiger partial charge in [-0.3, -0.25) is 4.79 Å². The van der Waals surface area contributed by atoms with Gasteiger partial charge in [-0.1, -0.05) is 6.07 Å². The largest absolute Gasteiger partial charge is 0.368 e. The molecule has 1 aromatic carbocycles. The van der Waals surface area contributed by atoms with Gasteiger partial charge in [0.15, 0.2) is 0 Å². The van der Waals surface area contributed by atoms with Gasteiger partial charge in [-0.25, -0.2) is 4.39 Å². The minimum absolute atomic E-state index is 0.149. The van der Waals surface area contributed by atoms with E-state index in [1.54, 1.807) is 13.0 Å². The summed E-state index contributed by atoms with van der Waals surface area (Å²) in [6.45, 7) is 5.67. The van der Waals surface area contributed by atoms with Crippen LogP contribution in [0.15, 0.2) is 29.2 Å². The van der Waals surface area contributed by atoms with Crippen LogP contribution in [-0.4, -0.2) is 23.2 Å². The molecule has 0 aromatic heterocycles. The third-order valence-corrected chi connectivity index (χ3v) is 3.78. The highest BCUT2D eigenvalue weighted by Crippen LogP contribution is 2.23. The van der Waals surface area contributed by atoms with Crippen LogP contribution in [0, 0.1) is 5.82 Å². The van der Waals surface area contributed by atoms with Gasteiger partial charge in [0.25, 0.3) is 0 Å². The topological polar surface area (TPSA) is 55.1 Å². The van der Waals surface area contributed by atoms with E-state index in [0.717, 1.165) is 4.90 Å². The Morgan fingerprint density at radius 3 is 2.72 bits per heavy atom. The summed E-state index contributed by atoms with van der Waals surface area (Å²) in [6.07, 6.45) is 0. The first kappa shape index (κ1) is 15.0. The van der Waals surface area contributed by atoms with E-state index in [0.29, 0.717) is 5.75 Å². The van der Waals surface area contributed by atoms with Crippen molar-refractivity contribution in [1.82, 2.24) is 5.32 Å². The van der Waals surface area contributed by atoms with Crippen LogP contribution in [-0.2, 0) is 4.79 Å². The molecule has 0 radical (unpaired) electrons. The molecule has 1 rings (SSSR count). The number of hydrogen-bond acceptors (Lipinski definition) is 3. The number of hydrogen-bond donors (Lipinski definition) is 2. The summed E-state index contributed by atoms with van der Waals surface area (Å²) in [4.78, 5) is 12.3. The number of carbonyl (C=O) groups excluding carboxylic acids is 1. The van der Waals surface area contributed by atoms with Crippen molar-refractivity contribution in [3.05, 3.63) is 30.1 Å². The van der Waals surface area contributed by atoms with Crippen molar-refractivity contribution >= 4 is 17.7 Å². The van der Waals surface area contributed by atoms with E-state index < -0.39 is 11.4 Å². The normalized spacial score (nSPS) is 14.5. The van der Waals surface area contributed by atoms with Crippen molar-refractivity contribution in [2.45, 2.75) is 37.2 Å².